The van der Waals surface area contributed by atoms with Crippen LogP contribution >= 0.6 is 11.8 Å². The van der Waals surface area contributed by atoms with E-state index in [2.05, 4.69) is 10.2 Å². The highest BCUT2D eigenvalue weighted by molar-refractivity contribution is 7.99. The monoisotopic (exact) mass is 270 g/mol. The number of nitrogens with two attached hydrogens (primary N) is 1. The Morgan fingerprint density at radius 1 is 1.50 bits per heavy atom. The molecule has 2 atom stereocenters. The molecule has 1 aromatic heterocycles. The van der Waals surface area contributed by atoms with E-state index in [9.17, 15) is 0 Å². The second-order valence-corrected chi connectivity index (χ2v) is 6.10. The van der Waals surface area contributed by atoms with Gasteiger partial charge in [-0.15, -0.1) is 10.2 Å². The fourth-order valence-electron chi connectivity index (χ4n) is 2.54. The summed E-state index contributed by atoms with van der Waals surface area (Å²) in [5.41, 5.74) is 6.21. The quantitative estimate of drug-likeness (QED) is 0.845. The number of thioether (sulfide) groups is 1. The van der Waals surface area contributed by atoms with Gasteiger partial charge in [0.1, 0.15) is 6.33 Å². The second-order valence-electron chi connectivity index (χ2n) is 4.89. The first-order chi connectivity index (χ1) is 8.69. The summed E-state index contributed by atoms with van der Waals surface area (Å²) in [5, 5.41) is 9.15. The van der Waals surface area contributed by atoms with Gasteiger partial charge < -0.3 is 19.8 Å². The fourth-order valence-corrected chi connectivity index (χ4v) is 3.76. The molecule has 3 rings (SSSR count). The van der Waals surface area contributed by atoms with Gasteiger partial charge in [0.2, 0.25) is 0 Å². The number of hydrogen-bond donors (Lipinski definition) is 1. The Kier molecular flexibility index (Phi) is 3.31. The lowest BCUT2D eigenvalue weighted by Crippen LogP contribution is -2.47. The molecule has 0 aromatic carbocycles. The van der Waals surface area contributed by atoms with E-state index < -0.39 is 5.79 Å². The maximum Gasteiger partial charge on any atom is 0.191 e. The normalized spacial score (nSPS) is 31.0. The first kappa shape index (κ1) is 12.4. The predicted molar refractivity (Wildman–Crippen MR) is 67.1 cm³/mol. The van der Waals surface area contributed by atoms with Gasteiger partial charge in [0.15, 0.2) is 10.9 Å². The Labute approximate surface area is 110 Å². The Morgan fingerprint density at radius 3 is 2.94 bits per heavy atom. The third kappa shape index (κ3) is 2.27. The van der Waals surface area contributed by atoms with Gasteiger partial charge in [0.05, 0.1) is 13.2 Å². The largest absolute Gasteiger partial charge is 0.347 e. The SMILES string of the molecule is Cn1cnnc1SC1CC2(CCC1N)OCCO2. The topological polar surface area (TPSA) is 75.2 Å². The summed E-state index contributed by atoms with van der Waals surface area (Å²) in [7, 11) is 1.94. The molecule has 6 nitrogen and oxygen atoms in total. The molecule has 2 fully saturated rings. The molecular weight excluding hydrogens is 252 g/mol. The number of ether oxygens (including phenoxy) is 2. The number of aryl methyl sites for hydroxylation is 1. The van der Waals surface area contributed by atoms with Crippen LogP contribution in [0.1, 0.15) is 19.3 Å². The zero-order valence-electron chi connectivity index (χ0n) is 10.4. The molecule has 1 spiro atoms. The molecule has 1 saturated heterocycles. The van der Waals surface area contributed by atoms with Crippen LogP contribution in [0.4, 0.5) is 0 Å². The maximum absolute atomic E-state index is 6.21. The van der Waals surface area contributed by atoms with E-state index in [0.29, 0.717) is 13.2 Å². The first-order valence-electron chi connectivity index (χ1n) is 6.23. The van der Waals surface area contributed by atoms with Crippen molar-refractivity contribution in [3.63, 3.8) is 0 Å². The molecule has 2 N–H and O–H groups in total. The number of rotatable bonds is 2. The molecule has 1 aliphatic carbocycles. The van der Waals surface area contributed by atoms with Crippen molar-refractivity contribution in [3.8, 4) is 0 Å². The van der Waals surface area contributed by atoms with Crippen LogP contribution in [-0.2, 0) is 16.5 Å². The summed E-state index contributed by atoms with van der Waals surface area (Å²) in [5.74, 6) is -0.397. The Bertz CT molecular complexity index is 419. The standard InChI is InChI=1S/C11H18N4O2S/c1-15-7-13-14-10(15)18-9-6-11(3-2-8(9)12)16-4-5-17-11/h7-9H,2-6,12H2,1H3. The molecule has 100 valence electrons. The van der Waals surface area contributed by atoms with Crippen molar-refractivity contribution >= 4 is 11.8 Å². The van der Waals surface area contributed by atoms with Crippen LogP contribution in [0.25, 0.3) is 0 Å². The second kappa shape index (κ2) is 4.80. The highest BCUT2D eigenvalue weighted by Crippen LogP contribution is 2.41. The van der Waals surface area contributed by atoms with Crippen LogP contribution < -0.4 is 5.73 Å². The van der Waals surface area contributed by atoms with Crippen LogP contribution in [0.3, 0.4) is 0 Å². The fraction of sp³-hybridized carbons (Fsp3) is 0.818. The molecule has 0 bridgehead atoms. The van der Waals surface area contributed by atoms with Crippen LogP contribution in [0.15, 0.2) is 11.5 Å². The van der Waals surface area contributed by atoms with Gasteiger partial charge in [-0.3, -0.25) is 0 Å². The average Bonchev–Trinajstić information content (AvgIpc) is 2.96. The van der Waals surface area contributed by atoms with E-state index in [1.54, 1.807) is 18.1 Å². The summed E-state index contributed by atoms with van der Waals surface area (Å²) in [6.07, 6.45) is 4.35. The highest BCUT2D eigenvalue weighted by Gasteiger charge is 2.44. The number of nitrogens with zero attached hydrogens (tertiary/aromatic N) is 3. The van der Waals surface area contributed by atoms with Gasteiger partial charge in [-0.25, -0.2) is 0 Å². The average molecular weight is 270 g/mol. The molecular formula is C11H18N4O2S. The molecule has 2 heterocycles. The lowest BCUT2D eigenvalue weighted by atomic mass is 9.90. The predicted octanol–water partition coefficient (Wildman–Crippen LogP) is 0.530. The summed E-state index contributed by atoms with van der Waals surface area (Å²) in [6.45, 7) is 1.38. The van der Waals surface area contributed by atoms with E-state index >= 15 is 0 Å². The van der Waals surface area contributed by atoms with Crippen molar-refractivity contribution in [3.05, 3.63) is 6.33 Å². The Hall–Kier alpha value is -0.630. The number of hydrogen-bond acceptors (Lipinski definition) is 6. The lowest BCUT2D eigenvalue weighted by Gasteiger charge is -2.39. The van der Waals surface area contributed by atoms with Crippen molar-refractivity contribution in [1.82, 2.24) is 14.8 Å². The van der Waals surface area contributed by atoms with Crippen molar-refractivity contribution < 1.29 is 9.47 Å². The molecule has 18 heavy (non-hydrogen) atoms. The van der Waals surface area contributed by atoms with E-state index in [-0.39, 0.29) is 11.3 Å². The molecule has 1 saturated carbocycles. The molecule has 7 heteroatoms. The third-order valence-corrected chi connectivity index (χ3v) is 4.99. The lowest BCUT2D eigenvalue weighted by molar-refractivity contribution is -0.176. The summed E-state index contributed by atoms with van der Waals surface area (Å²) in [6, 6.07) is 0.158. The minimum absolute atomic E-state index is 0.158. The first-order valence-corrected chi connectivity index (χ1v) is 7.11. The van der Waals surface area contributed by atoms with Crippen molar-refractivity contribution in [2.24, 2.45) is 12.8 Å². The molecule has 2 aliphatic rings. The molecule has 0 radical (unpaired) electrons. The van der Waals surface area contributed by atoms with Crippen molar-refractivity contribution in [2.45, 2.75) is 41.5 Å². The summed E-state index contributed by atoms with van der Waals surface area (Å²) < 4.78 is 13.5. The zero-order chi connectivity index (χ0) is 12.6. The van der Waals surface area contributed by atoms with E-state index in [1.165, 1.54) is 0 Å². The van der Waals surface area contributed by atoms with Crippen LogP contribution in [-0.4, -0.2) is 45.1 Å². The van der Waals surface area contributed by atoms with Gasteiger partial charge in [0.25, 0.3) is 0 Å². The van der Waals surface area contributed by atoms with Gasteiger partial charge in [-0.05, 0) is 6.42 Å². The Balaban J connectivity index is 1.72. The minimum atomic E-state index is -0.397. The molecule has 1 aliphatic heterocycles. The zero-order valence-corrected chi connectivity index (χ0v) is 11.2. The van der Waals surface area contributed by atoms with Gasteiger partial charge in [0, 0.05) is 31.2 Å². The van der Waals surface area contributed by atoms with Gasteiger partial charge in [-0.1, -0.05) is 11.8 Å². The molecule has 2 unspecified atom stereocenters. The van der Waals surface area contributed by atoms with Crippen LogP contribution in [0.5, 0.6) is 0 Å². The summed E-state index contributed by atoms with van der Waals surface area (Å²) >= 11 is 1.67. The van der Waals surface area contributed by atoms with Crippen molar-refractivity contribution in [1.29, 1.82) is 0 Å². The Morgan fingerprint density at radius 2 is 2.28 bits per heavy atom. The van der Waals surface area contributed by atoms with Crippen LogP contribution in [0.2, 0.25) is 0 Å². The third-order valence-electron chi connectivity index (χ3n) is 3.59. The summed E-state index contributed by atoms with van der Waals surface area (Å²) in [4.78, 5) is 0. The van der Waals surface area contributed by atoms with E-state index in [1.807, 2.05) is 11.6 Å². The minimum Gasteiger partial charge on any atom is -0.347 e. The van der Waals surface area contributed by atoms with Gasteiger partial charge >= 0.3 is 0 Å². The highest BCUT2D eigenvalue weighted by atomic mass is 32.2. The van der Waals surface area contributed by atoms with Crippen molar-refractivity contribution in [2.75, 3.05) is 13.2 Å². The van der Waals surface area contributed by atoms with E-state index in [0.717, 1.165) is 24.4 Å². The number of aromatic nitrogens is 3. The maximum atomic E-state index is 6.21. The van der Waals surface area contributed by atoms with Crippen LogP contribution in [0, 0.1) is 0 Å². The smallest absolute Gasteiger partial charge is 0.191 e. The molecule has 0 amide bonds. The van der Waals surface area contributed by atoms with E-state index in [4.69, 9.17) is 15.2 Å². The molecule has 1 aromatic rings. The van der Waals surface area contributed by atoms with Gasteiger partial charge in [-0.2, -0.15) is 0 Å².